The highest BCUT2D eigenvalue weighted by molar-refractivity contribution is 5.83. The van der Waals surface area contributed by atoms with E-state index in [2.05, 4.69) is 6.07 Å². The van der Waals surface area contributed by atoms with Crippen LogP contribution in [0.25, 0.3) is 0 Å². The van der Waals surface area contributed by atoms with E-state index in [1.165, 1.54) is 11.8 Å². The van der Waals surface area contributed by atoms with Crippen molar-refractivity contribution in [2.24, 2.45) is 0 Å². The first-order valence-corrected chi connectivity index (χ1v) is 3.68. The van der Waals surface area contributed by atoms with Gasteiger partial charge in [0.2, 0.25) is 0 Å². The van der Waals surface area contributed by atoms with E-state index in [1.807, 2.05) is 31.4 Å². The smallest absolute Gasteiger partial charge is 0.138 e. The molecular weight excluding hydrogens is 136 g/mol. The molecule has 2 nitrogen and oxygen atoms in total. The minimum absolute atomic E-state index is 0.993. The summed E-state index contributed by atoms with van der Waals surface area (Å²) in [6.07, 6.45) is 1.39. The summed E-state index contributed by atoms with van der Waals surface area (Å²) in [4.78, 5) is 0. The third kappa shape index (κ3) is 1.65. The lowest BCUT2D eigenvalue weighted by Gasteiger charge is -1.99. The Morgan fingerprint density at radius 2 is 2.18 bits per heavy atom. The van der Waals surface area contributed by atoms with Crippen LogP contribution in [0.4, 0.5) is 5.69 Å². The molecule has 1 aromatic rings. The van der Waals surface area contributed by atoms with E-state index in [0.717, 1.165) is 11.3 Å². The first-order valence-electron chi connectivity index (χ1n) is 3.68. The fraction of sp³-hybridized carbons (Fsp3) is 0.222. The molecule has 0 saturated heterocycles. The summed E-state index contributed by atoms with van der Waals surface area (Å²) in [5.74, 6) is 0. The molecule has 0 aliphatic carbocycles. The number of quaternary nitrogens is 1. The van der Waals surface area contributed by atoms with Crippen molar-refractivity contribution in [3.8, 4) is 0 Å². The highest BCUT2D eigenvalue weighted by atomic mass is 14.8. The van der Waals surface area contributed by atoms with Gasteiger partial charge in [0.25, 0.3) is 0 Å². The number of benzene rings is 1. The van der Waals surface area contributed by atoms with E-state index in [4.69, 9.17) is 5.41 Å². The Morgan fingerprint density at radius 3 is 2.73 bits per heavy atom. The second kappa shape index (κ2) is 3.30. The van der Waals surface area contributed by atoms with Gasteiger partial charge in [-0.25, -0.2) is 0 Å². The SMILES string of the molecule is C[NH2+]c1ccc(C)cc1C=N. The van der Waals surface area contributed by atoms with Crippen molar-refractivity contribution in [2.45, 2.75) is 6.92 Å². The van der Waals surface area contributed by atoms with E-state index < -0.39 is 0 Å². The summed E-state index contributed by atoms with van der Waals surface area (Å²) in [5, 5.41) is 9.15. The van der Waals surface area contributed by atoms with Crippen molar-refractivity contribution in [1.82, 2.24) is 0 Å². The van der Waals surface area contributed by atoms with Gasteiger partial charge in [-0.05, 0) is 19.1 Å². The Hall–Kier alpha value is -1.15. The van der Waals surface area contributed by atoms with Gasteiger partial charge in [0, 0.05) is 6.21 Å². The van der Waals surface area contributed by atoms with Crippen LogP contribution in [-0.4, -0.2) is 13.3 Å². The Balaban J connectivity index is 3.16. The van der Waals surface area contributed by atoms with Crippen molar-refractivity contribution >= 4 is 11.9 Å². The van der Waals surface area contributed by atoms with Crippen molar-refractivity contribution in [2.75, 3.05) is 7.05 Å². The Morgan fingerprint density at radius 1 is 1.45 bits per heavy atom. The first kappa shape index (κ1) is 7.95. The van der Waals surface area contributed by atoms with Crippen LogP contribution in [0.3, 0.4) is 0 Å². The predicted molar refractivity (Wildman–Crippen MR) is 46.6 cm³/mol. The minimum Gasteiger partial charge on any atom is -0.316 e. The van der Waals surface area contributed by atoms with Gasteiger partial charge in [-0.15, -0.1) is 0 Å². The fourth-order valence-corrected chi connectivity index (χ4v) is 1.08. The Kier molecular flexibility index (Phi) is 2.39. The van der Waals surface area contributed by atoms with Crippen LogP contribution in [0.2, 0.25) is 0 Å². The quantitative estimate of drug-likeness (QED) is 0.461. The lowest BCUT2D eigenvalue weighted by molar-refractivity contribution is -0.539. The van der Waals surface area contributed by atoms with Gasteiger partial charge in [0.1, 0.15) is 5.69 Å². The molecule has 0 bridgehead atoms. The molecule has 0 heterocycles. The molecule has 0 aromatic heterocycles. The lowest BCUT2D eigenvalue weighted by atomic mass is 10.1. The molecule has 11 heavy (non-hydrogen) atoms. The van der Waals surface area contributed by atoms with Crippen LogP contribution in [0.15, 0.2) is 18.2 Å². The van der Waals surface area contributed by atoms with Crippen LogP contribution in [-0.2, 0) is 0 Å². The van der Waals surface area contributed by atoms with Crippen molar-refractivity contribution in [3.63, 3.8) is 0 Å². The molecule has 0 atom stereocenters. The molecule has 0 aliphatic heterocycles. The third-order valence-corrected chi connectivity index (χ3v) is 1.71. The molecule has 0 saturated carbocycles. The lowest BCUT2D eigenvalue weighted by Crippen LogP contribution is -2.73. The van der Waals surface area contributed by atoms with E-state index in [-0.39, 0.29) is 0 Å². The molecule has 3 N–H and O–H groups in total. The largest absolute Gasteiger partial charge is 0.316 e. The summed E-state index contributed by atoms with van der Waals surface area (Å²) in [7, 11) is 1.98. The maximum Gasteiger partial charge on any atom is 0.138 e. The van der Waals surface area contributed by atoms with Gasteiger partial charge in [0.05, 0.1) is 12.6 Å². The van der Waals surface area contributed by atoms with Crippen molar-refractivity contribution in [3.05, 3.63) is 29.3 Å². The average Bonchev–Trinajstić information content (AvgIpc) is 2.04. The van der Waals surface area contributed by atoms with Gasteiger partial charge in [0.15, 0.2) is 0 Å². The van der Waals surface area contributed by atoms with Gasteiger partial charge in [-0.3, -0.25) is 0 Å². The topological polar surface area (TPSA) is 40.5 Å². The standard InChI is InChI=1S/C9H12N2/c1-7-3-4-9(11-2)8(5-7)6-10/h3-6,10-11H,1-2H3/p+1. The number of nitrogens with one attached hydrogen (secondary N) is 1. The summed E-state index contributed by atoms with van der Waals surface area (Å²) >= 11 is 0. The van der Waals surface area contributed by atoms with E-state index in [9.17, 15) is 0 Å². The van der Waals surface area contributed by atoms with Crippen LogP contribution in [0.1, 0.15) is 11.1 Å². The van der Waals surface area contributed by atoms with E-state index >= 15 is 0 Å². The van der Waals surface area contributed by atoms with Gasteiger partial charge >= 0.3 is 0 Å². The zero-order chi connectivity index (χ0) is 8.27. The number of hydrogen-bond donors (Lipinski definition) is 2. The normalized spacial score (nSPS) is 9.64. The molecule has 1 rings (SSSR count). The monoisotopic (exact) mass is 149 g/mol. The molecule has 0 radical (unpaired) electrons. The second-order valence-electron chi connectivity index (χ2n) is 2.57. The predicted octanol–water partition coefficient (Wildman–Crippen LogP) is 0.817. The highest BCUT2D eigenvalue weighted by Crippen LogP contribution is 2.09. The highest BCUT2D eigenvalue weighted by Gasteiger charge is 1.99. The van der Waals surface area contributed by atoms with Crippen LogP contribution >= 0.6 is 0 Å². The van der Waals surface area contributed by atoms with Crippen molar-refractivity contribution < 1.29 is 5.32 Å². The molecule has 1 aromatic carbocycles. The molecule has 0 spiro atoms. The Bertz CT molecular complexity index is 266. The number of hydrogen-bond acceptors (Lipinski definition) is 1. The van der Waals surface area contributed by atoms with E-state index in [0.29, 0.717) is 0 Å². The first-order chi connectivity index (χ1) is 5.27. The summed E-state index contributed by atoms with van der Waals surface area (Å²) in [5.41, 5.74) is 3.33. The molecule has 58 valence electrons. The zero-order valence-corrected chi connectivity index (χ0v) is 6.89. The number of nitrogens with two attached hydrogens (primary N) is 1. The van der Waals surface area contributed by atoms with Gasteiger partial charge in [-0.2, -0.15) is 0 Å². The number of rotatable bonds is 2. The molecule has 0 aliphatic rings. The molecular formula is C9H13N2+. The summed E-state index contributed by atoms with van der Waals surface area (Å²) in [6.45, 7) is 2.03. The maximum atomic E-state index is 7.14. The average molecular weight is 149 g/mol. The van der Waals surface area contributed by atoms with Crippen molar-refractivity contribution in [1.29, 1.82) is 5.41 Å². The zero-order valence-electron chi connectivity index (χ0n) is 6.89. The molecule has 0 amide bonds. The van der Waals surface area contributed by atoms with E-state index in [1.54, 1.807) is 0 Å². The summed E-state index contributed by atoms with van der Waals surface area (Å²) < 4.78 is 0. The van der Waals surface area contributed by atoms with Gasteiger partial charge in [-0.1, -0.05) is 11.6 Å². The molecule has 0 unspecified atom stereocenters. The summed E-state index contributed by atoms with van der Waals surface area (Å²) in [6, 6.07) is 6.11. The Labute approximate surface area is 66.8 Å². The molecule has 0 fully saturated rings. The second-order valence-corrected chi connectivity index (χ2v) is 2.57. The fourth-order valence-electron chi connectivity index (χ4n) is 1.08. The van der Waals surface area contributed by atoms with Crippen LogP contribution in [0.5, 0.6) is 0 Å². The van der Waals surface area contributed by atoms with Crippen LogP contribution < -0.4 is 5.32 Å². The number of aryl methyl sites for hydroxylation is 1. The minimum atomic E-state index is 0.993. The third-order valence-electron chi connectivity index (χ3n) is 1.71. The maximum absolute atomic E-state index is 7.14. The molecule has 2 heteroatoms. The van der Waals surface area contributed by atoms with Gasteiger partial charge < -0.3 is 10.7 Å². The van der Waals surface area contributed by atoms with Crippen LogP contribution in [0, 0.1) is 12.3 Å².